The molecule has 126 valence electrons. The maximum atomic E-state index is 12.2. The second-order valence-electron chi connectivity index (χ2n) is 6.29. The Labute approximate surface area is 136 Å². The lowest BCUT2D eigenvalue weighted by Crippen LogP contribution is -2.38. The number of carbonyl (C=O) groups excluding carboxylic acids is 1. The Morgan fingerprint density at radius 3 is 2.65 bits per heavy atom. The van der Waals surface area contributed by atoms with Crippen molar-refractivity contribution in [2.24, 2.45) is 0 Å². The Hall–Kier alpha value is -1.70. The van der Waals surface area contributed by atoms with Crippen LogP contribution in [-0.2, 0) is 9.84 Å². The lowest BCUT2D eigenvalue weighted by molar-refractivity contribution is 0.0946. The van der Waals surface area contributed by atoms with Gasteiger partial charge in [-0.25, -0.2) is 18.4 Å². The summed E-state index contributed by atoms with van der Waals surface area (Å²) in [5.74, 6) is 0.585. The molecule has 8 heteroatoms. The third-order valence-electron chi connectivity index (χ3n) is 4.23. The summed E-state index contributed by atoms with van der Waals surface area (Å²) in [7, 11) is -2.98. The molecule has 3 rings (SSSR count). The summed E-state index contributed by atoms with van der Waals surface area (Å²) in [5.41, 5.74) is 1.05. The molecule has 0 spiro atoms. The van der Waals surface area contributed by atoms with Crippen molar-refractivity contribution in [2.45, 2.75) is 45.2 Å². The van der Waals surface area contributed by atoms with E-state index in [0.29, 0.717) is 30.3 Å². The second-order valence-corrected chi connectivity index (χ2v) is 8.51. The van der Waals surface area contributed by atoms with Gasteiger partial charge >= 0.3 is 0 Å². The number of anilines is 1. The first-order chi connectivity index (χ1) is 10.9. The smallest absolute Gasteiger partial charge is 0.270 e. The molecular formula is C15H22N4O3S. The van der Waals surface area contributed by atoms with Gasteiger partial charge < -0.3 is 10.2 Å². The number of aromatic nitrogens is 2. The van der Waals surface area contributed by atoms with E-state index < -0.39 is 9.84 Å². The van der Waals surface area contributed by atoms with Gasteiger partial charge in [0.15, 0.2) is 9.84 Å². The van der Waals surface area contributed by atoms with Gasteiger partial charge in [-0.1, -0.05) is 0 Å². The fourth-order valence-corrected chi connectivity index (χ4v) is 4.60. The number of carbonyl (C=O) groups is 1. The lowest BCUT2D eigenvalue weighted by atomic mass is 10.2. The van der Waals surface area contributed by atoms with E-state index in [2.05, 4.69) is 15.3 Å². The van der Waals surface area contributed by atoms with E-state index in [9.17, 15) is 13.2 Å². The van der Waals surface area contributed by atoms with Crippen molar-refractivity contribution in [3.63, 3.8) is 0 Å². The number of hydrogen-bond donors (Lipinski definition) is 1. The van der Waals surface area contributed by atoms with Crippen LogP contribution in [0.15, 0.2) is 6.07 Å². The fraction of sp³-hybridized carbons (Fsp3) is 0.667. The van der Waals surface area contributed by atoms with Crippen LogP contribution in [0, 0.1) is 6.92 Å². The second kappa shape index (κ2) is 6.07. The molecule has 2 heterocycles. The minimum atomic E-state index is -2.98. The van der Waals surface area contributed by atoms with Gasteiger partial charge in [-0.05, 0) is 39.2 Å². The van der Waals surface area contributed by atoms with Gasteiger partial charge in [0.2, 0.25) is 5.95 Å². The molecule has 7 nitrogen and oxygen atoms in total. The maximum Gasteiger partial charge on any atom is 0.270 e. The van der Waals surface area contributed by atoms with E-state index in [1.807, 2.05) is 18.7 Å². The van der Waals surface area contributed by atoms with Gasteiger partial charge in [0.05, 0.1) is 11.5 Å². The number of nitrogens with zero attached hydrogens (tertiary/aromatic N) is 3. The number of amides is 1. The zero-order valence-corrected chi connectivity index (χ0v) is 14.3. The third kappa shape index (κ3) is 3.80. The molecule has 0 radical (unpaired) electrons. The molecule has 1 N–H and O–H groups in total. The molecule has 1 saturated carbocycles. The van der Waals surface area contributed by atoms with Gasteiger partial charge in [-0.2, -0.15) is 0 Å². The van der Waals surface area contributed by atoms with Crippen LogP contribution in [0.3, 0.4) is 0 Å². The van der Waals surface area contributed by atoms with Gasteiger partial charge in [0, 0.05) is 24.3 Å². The van der Waals surface area contributed by atoms with Crippen LogP contribution in [0.25, 0.3) is 0 Å². The lowest BCUT2D eigenvalue weighted by Gasteiger charge is -2.27. The summed E-state index contributed by atoms with van der Waals surface area (Å²) >= 11 is 0. The quantitative estimate of drug-likeness (QED) is 0.849. The van der Waals surface area contributed by atoms with Gasteiger partial charge in [0.1, 0.15) is 5.69 Å². The highest BCUT2D eigenvalue weighted by molar-refractivity contribution is 7.91. The van der Waals surface area contributed by atoms with Gasteiger partial charge in [-0.15, -0.1) is 0 Å². The van der Waals surface area contributed by atoms with Crippen LogP contribution in [0.5, 0.6) is 0 Å². The van der Waals surface area contributed by atoms with Crippen molar-refractivity contribution in [3.8, 4) is 0 Å². The molecule has 1 aromatic rings. The summed E-state index contributed by atoms with van der Waals surface area (Å²) in [6.45, 7) is 4.37. The Morgan fingerprint density at radius 2 is 2.09 bits per heavy atom. The number of sulfone groups is 1. The van der Waals surface area contributed by atoms with Crippen molar-refractivity contribution in [2.75, 3.05) is 23.0 Å². The van der Waals surface area contributed by atoms with E-state index >= 15 is 0 Å². The van der Waals surface area contributed by atoms with E-state index in [1.165, 1.54) is 0 Å². The van der Waals surface area contributed by atoms with E-state index in [0.717, 1.165) is 12.8 Å². The number of rotatable bonds is 5. The molecule has 1 aliphatic carbocycles. The average molecular weight is 338 g/mol. The van der Waals surface area contributed by atoms with Crippen molar-refractivity contribution in [1.82, 2.24) is 15.3 Å². The molecule has 0 bridgehead atoms. The highest BCUT2D eigenvalue weighted by Gasteiger charge is 2.33. The summed E-state index contributed by atoms with van der Waals surface area (Å²) in [5, 5.41) is 2.92. The Kier molecular flexibility index (Phi) is 4.27. The molecular weight excluding hydrogens is 316 g/mol. The Bertz CT molecular complexity index is 715. The van der Waals surface area contributed by atoms with Crippen LogP contribution in [0.2, 0.25) is 0 Å². The van der Waals surface area contributed by atoms with Crippen LogP contribution in [0.1, 0.15) is 42.4 Å². The number of aryl methyl sites for hydroxylation is 1. The van der Waals surface area contributed by atoms with Crippen LogP contribution >= 0.6 is 0 Å². The van der Waals surface area contributed by atoms with Gasteiger partial charge in [-0.3, -0.25) is 4.79 Å². The predicted octanol–water partition coefficient (Wildman–Crippen LogP) is 0.691. The zero-order valence-electron chi connectivity index (χ0n) is 13.4. The summed E-state index contributed by atoms with van der Waals surface area (Å²) in [4.78, 5) is 22.9. The van der Waals surface area contributed by atoms with Crippen molar-refractivity contribution < 1.29 is 13.2 Å². The molecule has 2 aliphatic rings. The highest BCUT2D eigenvalue weighted by Crippen LogP contribution is 2.23. The molecule has 1 unspecified atom stereocenters. The Balaban J connectivity index is 1.85. The Morgan fingerprint density at radius 1 is 1.35 bits per heavy atom. The first-order valence-corrected chi connectivity index (χ1v) is 9.83. The summed E-state index contributed by atoms with van der Waals surface area (Å²) < 4.78 is 23.5. The first kappa shape index (κ1) is 16.2. The molecule has 1 amide bonds. The first-order valence-electron chi connectivity index (χ1n) is 8.01. The molecule has 23 heavy (non-hydrogen) atoms. The third-order valence-corrected chi connectivity index (χ3v) is 5.98. The SMILES string of the molecule is CCN(c1nc(C)cc(C(=O)NC2CC2)n1)C1CCS(=O)(=O)C1. The van der Waals surface area contributed by atoms with E-state index in [4.69, 9.17) is 0 Å². The molecule has 2 fully saturated rings. The van der Waals surface area contributed by atoms with E-state index in [-0.39, 0.29) is 29.5 Å². The average Bonchev–Trinajstić information content (AvgIpc) is 3.22. The maximum absolute atomic E-state index is 12.2. The standard InChI is InChI=1S/C15H22N4O3S/c1-3-19(12-6-7-23(21,22)9-12)15-16-10(2)8-13(18-15)14(20)17-11-4-5-11/h8,11-12H,3-7,9H2,1-2H3,(H,17,20). The molecule has 0 aromatic carbocycles. The topological polar surface area (TPSA) is 92.3 Å². The minimum absolute atomic E-state index is 0.119. The van der Waals surface area contributed by atoms with E-state index in [1.54, 1.807) is 6.07 Å². The van der Waals surface area contributed by atoms with Crippen molar-refractivity contribution >= 4 is 21.7 Å². The fourth-order valence-electron chi connectivity index (χ4n) is 2.87. The number of nitrogens with one attached hydrogen (secondary N) is 1. The monoisotopic (exact) mass is 338 g/mol. The van der Waals surface area contributed by atoms with Crippen LogP contribution in [-0.4, -0.2) is 54.4 Å². The highest BCUT2D eigenvalue weighted by atomic mass is 32.2. The van der Waals surface area contributed by atoms with Crippen molar-refractivity contribution in [1.29, 1.82) is 0 Å². The molecule has 1 aromatic heterocycles. The minimum Gasteiger partial charge on any atom is -0.348 e. The molecule has 1 aliphatic heterocycles. The summed E-state index contributed by atoms with van der Waals surface area (Å²) in [6.07, 6.45) is 2.62. The molecule has 1 saturated heterocycles. The predicted molar refractivity (Wildman–Crippen MR) is 87.3 cm³/mol. The number of hydrogen-bond acceptors (Lipinski definition) is 6. The van der Waals surface area contributed by atoms with Crippen LogP contribution in [0.4, 0.5) is 5.95 Å². The summed E-state index contributed by atoms with van der Waals surface area (Å²) in [6, 6.07) is 1.81. The van der Waals surface area contributed by atoms with Crippen molar-refractivity contribution in [3.05, 3.63) is 17.5 Å². The zero-order chi connectivity index (χ0) is 16.6. The normalized spacial score (nSPS) is 22.8. The largest absolute Gasteiger partial charge is 0.348 e. The van der Waals surface area contributed by atoms with Gasteiger partial charge in [0.25, 0.3) is 5.91 Å². The molecule has 1 atom stereocenters. The van der Waals surface area contributed by atoms with Crippen LogP contribution < -0.4 is 10.2 Å².